The highest BCUT2D eigenvalue weighted by atomic mass is 16.4. The first-order chi connectivity index (χ1) is 11.8. The molecule has 0 aromatic heterocycles. The summed E-state index contributed by atoms with van der Waals surface area (Å²) in [6, 6.07) is 7.06. The molecule has 0 spiro atoms. The van der Waals surface area contributed by atoms with Gasteiger partial charge in [0, 0.05) is 12.2 Å². The second-order valence-corrected chi connectivity index (χ2v) is 6.30. The van der Waals surface area contributed by atoms with Crippen molar-refractivity contribution in [2.45, 2.75) is 71.1 Å². The molecule has 3 nitrogen and oxygen atoms in total. The first kappa shape index (κ1) is 20.3. The van der Waals surface area contributed by atoms with E-state index >= 15 is 0 Å². The van der Waals surface area contributed by atoms with Gasteiger partial charge in [-0.15, -0.1) is 0 Å². The third-order valence-corrected chi connectivity index (χ3v) is 4.16. The van der Waals surface area contributed by atoms with E-state index in [0.717, 1.165) is 19.4 Å². The first-order valence-electron chi connectivity index (χ1n) is 9.47. The quantitative estimate of drug-likeness (QED) is 0.312. The molecule has 0 aliphatic heterocycles. The maximum atomic E-state index is 11.1. The van der Waals surface area contributed by atoms with Crippen LogP contribution >= 0.6 is 0 Å². The van der Waals surface area contributed by atoms with Crippen molar-refractivity contribution in [1.29, 1.82) is 0 Å². The molecule has 0 saturated carbocycles. The third kappa shape index (κ3) is 9.39. The Labute approximate surface area is 147 Å². The number of hydrogen-bond donors (Lipinski definition) is 2. The number of unbranched alkanes of at least 4 members (excludes halogenated alkanes) is 8. The molecular weight excluding hydrogens is 298 g/mol. The zero-order chi connectivity index (χ0) is 17.5. The molecule has 2 N–H and O–H groups in total. The topological polar surface area (TPSA) is 49.3 Å². The number of carbonyl (C=O) groups is 1. The normalized spacial score (nSPS) is 11.0. The van der Waals surface area contributed by atoms with Crippen LogP contribution in [0.1, 0.15) is 81.5 Å². The Kier molecular flexibility index (Phi) is 11.5. The Morgan fingerprint density at radius 2 is 1.58 bits per heavy atom. The number of hydrogen-bond acceptors (Lipinski definition) is 2. The molecule has 1 aromatic rings. The van der Waals surface area contributed by atoms with E-state index in [9.17, 15) is 4.79 Å². The minimum atomic E-state index is -0.882. The van der Waals surface area contributed by atoms with Gasteiger partial charge in [0.25, 0.3) is 0 Å². The maximum absolute atomic E-state index is 11.1. The lowest BCUT2D eigenvalue weighted by atomic mass is 10.1. The van der Waals surface area contributed by atoms with Gasteiger partial charge >= 0.3 is 5.97 Å². The van der Waals surface area contributed by atoms with Crippen molar-refractivity contribution in [3.63, 3.8) is 0 Å². The van der Waals surface area contributed by atoms with Crippen LogP contribution in [0.4, 0.5) is 5.69 Å². The van der Waals surface area contributed by atoms with Crippen LogP contribution in [-0.2, 0) is 0 Å². The summed E-state index contributed by atoms with van der Waals surface area (Å²) >= 11 is 0. The van der Waals surface area contributed by atoms with Gasteiger partial charge in [0.2, 0.25) is 0 Å². The van der Waals surface area contributed by atoms with E-state index < -0.39 is 5.97 Å². The summed E-state index contributed by atoms with van der Waals surface area (Å²) in [7, 11) is 0. The first-order valence-corrected chi connectivity index (χ1v) is 9.47. The van der Waals surface area contributed by atoms with Crippen molar-refractivity contribution >= 4 is 11.7 Å². The third-order valence-electron chi connectivity index (χ3n) is 4.16. The van der Waals surface area contributed by atoms with Gasteiger partial charge in [-0.25, -0.2) is 4.79 Å². The molecule has 0 aliphatic carbocycles. The summed E-state index contributed by atoms with van der Waals surface area (Å²) in [6.45, 7) is 3.05. The fraction of sp³-hybridized carbons (Fsp3) is 0.571. The van der Waals surface area contributed by atoms with Crippen LogP contribution in [0.3, 0.4) is 0 Å². The summed E-state index contributed by atoms with van der Waals surface area (Å²) in [6.07, 6.45) is 17.3. The van der Waals surface area contributed by atoms with E-state index in [1.54, 1.807) is 12.1 Å². The van der Waals surface area contributed by atoms with Crippen molar-refractivity contribution in [1.82, 2.24) is 0 Å². The zero-order valence-corrected chi connectivity index (χ0v) is 15.1. The SMILES string of the molecule is CCCCCCCCCC=CCCCNc1ccccc1C(=O)O. The van der Waals surface area contributed by atoms with Crippen molar-refractivity contribution in [2.75, 3.05) is 11.9 Å². The molecule has 1 aromatic carbocycles. The van der Waals surface area contributed by atoms with Gasteiger partial charge in [0.1, 0.15) is 0 Å². The molecule has 0 radical (unpaired) electrons. The van der Waals surface area contributed by atoms with Gasteiger partial charge < -0.3 is 10.4 Å². The number of anilines is 1. The molecule has 0 fully saturated rings. The van der Waals surface area contributed by atoms with Crippen LogP contribution in [0.25, 0.3) is 0 Å². The summed E-state index contributed by atoms with van der Waals surface area (Å²) in [5, 5.41) is 12.3. The van der Waals surface area contributed by atoms with Gasteiger partial charge in [0.05, 0.1) is 5.56 Å². The molecule has 24 heavy (non-hydrogen) atoms. The van der Waals surface area contributed by atoms with Crippen molar-refractivity contribution < 1.29 is 9.90 Å². The average Bonchev–Trinajstić information content (AvgIpc) is 2.59. The Hall–Kier alpha value is -1.77. The van der Waals surface area contributed by atoms with Crippen LogP contribution in [-0.4, -0.2) is 17.6 Å². The van der Waals surface area contributed by atoms with Crippen LogP contribution in [0.2, 0.25) is 0 Å². The zero-order valence-electron chi connectivity index (χ0n) is 15.1. The number of rotatable bonds is 14. The highest BCUT2D eigenvalue weighted by molar-refractivity contribution is 5.94. The van der Waals surface area contributed by atoms with E-state index in [2.05, 4.69) is 24.4 Å². The van der Waals surface area contributed by atoms with Crippen LogP contribution in [0.15, 0.2) is 36.4 Å². The number of carboxylic acid groups (broad SMARTS) is 1. The highest BCUT2D eigenvalue weighted by Gasteiger charge is 2.07. The smallest absolute Gasteiger partial charge is 0.337 e. The van der Waals surface area contributed by atoms with Gasteiger partial charge in [0.15, 0.2) is 0 Å². The lowest BCUT2D eigenvalue weighted by Crippen LogP contribution is -2.07. The molecule has 0 bridgehead atoms. The van der Waals surface area contributed by atoms with E-state index in [1.807, 2.05) is 12.1 Å². The monoisotopic (exact) mass is 331 g/mol. The predicted octanol–water partition coefficient (Wildman–Crippen LogP) is 6.27. The highest BCUT2D eigenvalue weighted by Crippen LogP contribution is 2.15. The van der Waals surface area contributed by atoms with Crippen LogP contribution in [0.5, 0.6) is 0 Å². The fourth-order valence-corrected chi connectivity index (χ4v) is 2.72. The Bertz CT molecular complexity index is 482. The van der Waals surface area contributed by atoms with Gasteiger partial charge in [-0.3, -0.25) is 0 Å². The molecule has 0 saturated heterocycles. The van der Waals surface area contributed by atoms with Crippen molar-refractivity contribution in [2.24, 2.45) is 0 Å². The Balaban J connectivity index is 2.01. The van der Waals surface area contributed by atoms with Gasteiger partial charge in [-0.2, -0.15) is 0 Å². The molecule has 0 unspecified atom stereocenters. The molecule has 0 heterocycles. The minimum absolute atomic E-state index is 0.340. The maximum Gasteiger partial charge on any atom is 0.337 e. The van der Waals surface area contributed by atoms with E-state index in [1.165, 1.54) is 51.4 Å². The number of carboxylic acids is 1. The lowest BCUT2D eigenvalue weighted by Gasteiger charge is -2.08. The standard InChI is InChI=1S/C21H33NO2/c1-2-3-4-5-6-7-8-9-10-11-12-15-18-22-20-17-14-13-16-19(20)21(23)24/h10-11,13-14,16-17,22H,2-9,12,15,18H2,1H3,(H,23,24). The Morgan fingerprint density at radius 1 is 0.958 bits per heavy atom. The lowest BCUT2D eigenvalue weighted by molar-refractivity contribution is 0.0698. The molecule has 0 atom stereocenters. The van der Waals surface area contributed by atoms with Gasteiger partial charge in [-0.1, -0.05) is 69.7 Å². The van der Waals surface area contributed by atoms with E-state index in [4.69, 9.17) is 5.11 Å². The molecule has 134 valence electrons. The molecule has 1 rings (SSSR count). The largest absolute Gasteiger partial charge is 0.478 e. The molecule has 3 heteroatoms. The molecular formula is C21H33NO2. The predicted molar refractivity (Wildman–Crippen MR) is 103 cm³/mol. The number of para-hydroxylation sites is 1. The number of aromatic carboxylic acids is 1. The number of nitrogens with one attached hydrogen (secondary N) is 1. The second-order valence-electron chi connectivity index (χ2n) is 6.30. The summed E-state index contributed by atoms with van der Waals surface area (Å²) < 4.78 is 0. The summed E-state index contributed by atoms with van der Waals surface area (Å²) in [5.74, 6) is -0.882. The van der Waals surface area contributed by atoms with E-state index in [-0.39, 0.29) is 0 Å². The fourth-order valence-electron chi connectivity index (χ4n) is 2.72. The second kappa shape index (κ2) is 13.6. The number of benzene rings is 1. The summed E-state index contributed by atoms with van der Waals surface area (Å²) in [4.78, 5) is 11.1. The van der Waals surface area contributed by atoms with Crippen LogP contribution < -0.4 is 5.32 Å². The minimum Gasteiger partial charge on any atom is -0.478 e. The average molecular weight is 332 g/mol. The molecule has 0 amide bonds. The van der Waals surface area contributed by atoms with Crippen molar-refractivity contribution in [3.05, 3.63) is 42.0 Å². The molecule has 0 aliphatic rings. The van der Waals surface area contributed by atoms with Crippen molar-refractivity contribution in [3.8, 4) is 0 Å². The van der Waals surface area contributed by atoms with E-state index in [0.29, 0.717) is 11.3 Å². The summed E-state index contributed by atoms with van der Waals surface area (Å²) in [5.41, 5.74) is 1.05. The van der Waals surface area contributed by atoms with Gasteiger partial charge in [-0.05, 0) is 37.8 Å². The Morgan fingerprint density at radius 3 is 2.29 bits per heavy atom. The van der Waals surface area contributed by atoms with Crippen LogP contribution in [0, 0.1) is 0 Å². The number of allylic oxidation sites excluding steroid dienone is 2.